The molecule has 0 bridgehead atoms. The highest BCUT2D eigenvalue weighted by Crippen LogP contribution is 2.19. The van der Waals surface area contributed by atoms with Gasteiger partial charge in [-0.25, -0.2) is 0 Å². The SMILES string of the molecule is Cl.O=C(NC1CCN(C(=O)CCC2CCNCC2)CC1)c1ccccc1. The van der Waals surface area contributed by atoms with Gasteiger partial charge in [-0.15, -0.1) is 12.4 Å². The van der Waals surface area contributed by atoms with Crippen LogP contribution in [0.25, 0.3) is 0 Å². The normalized spacial score (nSPS) is 18.8. The van der Waals surface area contributed by atoms with Crippen LogP contribution in [0.4, 0.5) is 0 Å². The fourth-order valence-corrected chi connectivity index (χ4v) is 3.79. The summed E-state index contributed by atoms with van der Waals surface area (Å²) >= 11 is 0. The van der Waals surface area contributed by atoms with Crippen molar-refractivity contribution in [3.05, 3.63) is 35.9 Å². The molecule has 0 saturated carbocycles. The second-order valence-electron chi connectivity index (χ2n) is 7.23. The molecule has 144 valence electrons. The lowest BCUT2D eigenvalue weighted by Gasteiger charge is -2.33. The summed E-state index contributed by atoms with van der Waals surface area (Å²) in [5.74, 6) is 0.968. The van der Waals surface area contributed by atoms with Gasteiger partial charge in [0, 0.05) is 31.1 Å². The van der Waals surface area contributed by atoms with Crippen LogP contribution in [0.15, 0.2) is 30.3 Å². The van der Waals surface area contributed by atoms with Crippen LogP contribution in [-0.2, 0) is 4.79 Å². The second kappa shape index (κ2) is 10.5. The molecule has 2 amide bonds. The van der Waals surface area contributed by atoms with Crippen molar-refractivity contribution in [2.75, 3.05) is 26.2 Å². The van der Waals surface area contributed by atoms with Crippen LogP contribution < -0.4 is 10.6 Å². The van der Waals surface area contributed by atoms with Gasteiger partial charge >= 0.3 is 0 Å². The van der Waals surface area contributed by atoms with Gasteiger partial charge in [0.05, 0.1) is 0 Å². The zero-order valence-corrected chi connectivity index (χ0v) is 16.1. The first-order chi connectivity index (χ1) is 12.2. The minimum Gasteiger partial charge on any atom is -0.349 e. The minimum absolute atomic E-state index is 0. The number of halogens is 1. The molecular weight excluding hydrogens is 350 g/mol. The Morgan fingerprint density at radius 2 is 1.69 bits per heavy atom. The molecule has 3 rings (SSSR count). The number of likely N-dealkylation sites (tertiary alicyclic amines) is 1. The first kappa shape index (κ1) is 20.7. The highest BCUT2D eigenvalue weighted by molar-refractivity contribution is 5.94. The lowest BCUT2D eigenvalue weighted by atomic mass is 9.93. The van der Waals surface area contributed by atoms with Crippen LogP contribution in [-0.4, -0.2) is 48.9 Å². The van der Waals surface area contributed by atoms with E-state index in [4.69, 9.17) is 0 Å². The highest BCUT2D eigenvalue weighted by atomic mass is 35.5. The third-order valence-electron chi connectivity index (χ3n) is 5.44. The summed E-state index contributed by atoms with van der Waals surface area (Å²) in [6.45, 7) is 3.69. The number of carbonyl (C=O) groups excluding carboxylic acids is 2. The predicted octanol–water partition coefficient (Wildman–Crippen LogP) is 2.61. The molecule has 2 aliphatic heterocycles. The summed E-state index contributed by atoms with van der Waals surface area (Å²) in [5, 5.41) is 6.46. The Hall–Kier alpha value is -1.59. The second-order valence-corrected chi connectivity index (χ2v) is 7.23. The zero-order valence-electron chi connectivity index (χ0n) is 15.3. The Bertz CT molecular complexity index is 568. The van der Waals surface area contributed by atoms with E-state index in [0.717, 1.165) is 45.4 Å². The molecule has 2 saturated heterocycles. The topological polar surface area (TPSA) is 61.4 Å². The molecular formula is C20H30ClN3O2. The maximum Gasteiger partial charge on any atom is 0.251 e. The van der Waals surface area contributed by atoms with E-state index in [2.05, 4.69) is 10.6 Å². The van der Waals surface area contributed by atoms with Gasteiger partial charge in [-0.05, 0) is 63.2 Å². The standard InChI is InChI=1S/C20H29N3O2.ClH/c24-19(7-6-16-8-12-21-13-9-16)23-14-10-18(11-15-23)22-20(25)17-4-2-1-3-5-17;/h1-5,16,18,21H,6-15H2,(H,22,25);1H. The average Bonchev–Trinajstić information content (AvgIpc) is 2.68. The van der Waals surface area contributed by atoms with E-state index in [1.807, 2.05) is 35.2 Å². The number of piperidine rings is 2. The number of hydrogen-bond donors (Lipinski definition) is 2. The Morgan fingerprint density at radius 1 is 1.04 bits per heavy atom. The smallest absolute Gasteiger partial charge is 0.251 e. The van der Waals surface area contributed by atoms with E-state index in [0.29, 0.717) is 17.9 Å². The molecule has 0 spiro atoms. The van der Waals surface area contributed by atoms with E-state index >= 15 is 0 Å². The fourth-order valence-electron chi connectivity index (χ4n) is 3.79. The minimum atomic E-state index is -0.0173. The maximum absolute atomic E-state index is 12.4. The molecule has 0 radical (unpaired) electrons. The summed E-state index contributed by atoms with van der Waals surface area (Å²) in [4.78, 5) is 26.6. The zero-order chi connectivity index (χ0) is 17.5. The molecule has 5 nitrogen and oxygen atoms in total. The molecule has 26 heavy (non-hydrogen) atoms. The van der Waals surface area contributed by atoms with Crippen LogP contribution in [0.5, 0.6) is 0 Å². The molecule has 1 aromatic carbocycles. The van der Waals surface area contributed by atoms with Crippen molar-refractivity contribution in [3.8, 4) is 0 Å². The van der Waals surface area contributed by atoms with Crippen molar-refractivity contribution in [1.29, 1.82) is 0 Å². The van der Waals surface area contributed by atoms with Gasteiger partial charge in [-0.2, -0.15) is 0 Å². The largest absolute Gasteiger partial charge is 0.349 e. The molecule has 0 unspecified atom stereocenters. The van der Waals surface area contributed by atoms with E-state index in [1.54, 1.807) is 0 Å². The van der Waals surface area contributed by atoms with Crippen LogP contribution in [0.3, 0.4) is 0 Å². The number of nitrogens with one attached hydrogen (secondary N) is 2. The summed E-state index contributed by atoms with van der Waals surface area (Å²) in [6.07, 6.45) is 5.77. The van der Waals surface area contributed by atoms with Crippen molar-refractivity contribution in [3.63, 3.8) is 0 Å². The van der Waals surface area contributed by atoms with Crippen molar-refractivity contribution >= 4 is 24.2 Å². The van der Waals surface area contributed by atoms with Crippen LogP contribution in [0, 0.1) is 5.92 Å². The van der Waals surface area contributed by atoms with Gasteiger partial charge in [0.15, 0.2) is 0 Å². The number of benzene rings is 1. The average molecular weight is 380 g/mol. The quantitative estimate of drug-likeness (QED) is 0.826. The molecule has 0 aliphatic carbocycles. The van der Waals surface area contributed by atoms with Crippen LogP contribution >= 0.6 is 12.4 Å². The third-order valence-corrected chi connectivity index (χ3v) is 5.44. The van der Waals surface area contributed by atoms with Gasteiger partial charge in [0.25, 0.3) is 5.91 Å². The van der Waals surface area contributed by atoms with E-state index in [9.17, 15) is 9.59 Å². The van der Waals surface area contributed by atoms with Gasteiger partial charge in [0.1, 0.15) is 0 Å². The molecule has 1 aromatic rings. The Labute approximate surface area is 162 Å². The summed E-state index contributed by atoms with van der Waals surface area (Å²) in [6, 6.07) is 9.48. The first-order valence-corrected chi connectivity index (χ1v) is 9.57. The third kappa shape index (κ3) is 5.99. The van der Waals surface area contributed by atoms with Crippen molar-refractivity contribution in [1.82, 2.24) is 15.5 Å². The lowest BCUT2D eigenvalue weighted by molar-refractivity contribution is -0.132. The summed E-state index contributed by atoms with van der Waals surface area (Å²) < 4.78 is 0. The van der Waals surface area contributed by atoms with E-state index in [1.165, 1.54) is 12.8 Å². The van der Waals surface area contributed by atoms with Gasteiger partial charge in [-0.1, -0.05) is 18.2 Å². The molecule has 2 fully saturated rings. The highest BCUT2D eigenvalue weighted by Gasteiger charge is 2.24. The van der Waals surface area contributed by atoms with Crippen molar-refractivity contribution in [2.45, 2.75) is 44.6 Å². The maximum atomic E-state index is 12.4. The summed E-state index contributed by atoms with van der Waals surface area (Å²) in [5.41, 5.74) is 0.697. The molecule has 6 heteroatoms. The molecule has 2 heterocycles. The molecule has 0 atom stereocenters. The molecule has 0 aromatic heterocycles. The number of hydrogen-bond acceptors (Lipinski definition) is 3. The fraction of sp³-hybridized carbons (Fsp3) is 0.600. The molecule has 2 aliphatic rings. The van der Waals surface area contributed by atoms with E-state index in [-0.39, 0.29) is 30.3 Å². The van der Waals surface area contributed by atoms with Gasteiger partial charge in [-0.3, -0.25) is 9.59 Å². The van der Waals surface area contributed by atoms with Crippen LogP contribution in [0.1, 0.15) is 48.9 Å². The van der Waals surface area contributed by atoms with E-state index < -0.39 is 0 Å². The van der Waals surface area contributed by atoms with Crippen molar-refractivity contribution < 1.29 is 9.59 Å². The monoisotopic (exact) mass is 379 g/mol. The Balaban J connectivity index is 0.00000243. The molecule has 2 N–H and O–H groups in total. The summed E-state index contributed by atoms with van der Waals surface area (Å²) in [7, 11) is 0. The lowest BCUT2D eigenvalue weighted by Crippen LogP contribution is -2.46. The van der Waals surface area contributed by atoms with Crippen molar-refractivity contribution in [2.24, 2.45) is 5.92 Å². The van der Waals surface area contributed by atoms with Gasteiger partial charge in [0.2, 0.25) is 5.91 Å². The van der Waals surface area contributed by atoms with Crippen LogP contribution in [0.2, 0.25) is 0 Å². The first-order valence-electron chi connectivity index (χ1n) is 9.57. The number of carbonyl (C=O) groups is 2. The Kier molecular flexibility index (Phi) is 8.39. The predicted molar refractivity (Wildman–Crippen MR) is 106 cm³/mol. The number of nitrogens with zero attached hydrogens (tertiary/aromatic N) is 1. The number of amides is 2. The Morgan fingerprint density at radius 3 is 2.35 bits per heavy atom. The van der Waals surface area contributed by atoms with Gasteiger partial charge < -0.3 is 15.5 Å². The number of rotatable bonds is 5.